The molecular weight excluding hydrogens is 390 g/mol. The number of hydrogen-bond acceptors (Lipinski definition) is 4. The van der Waals surface area contributed by atoms with Crippen molar-refractivity contribution in [1.29, 1.82) is 0 Å². The van der Waals surface area contributed by atoms with E-state index >= 15 is 0 Å². The van der Waals surface area contributed by atoms with E-state index in [4.69, 9.17) is 4.74 Å². The Morgan fingerprint density at radius 1 is 1.06 bits per heavy atom. The van der Waals surface area contributed by atoms with Crippen LogP contribution in [0.25, 0.3) is 0 Å². The van der Waals surface area contributed by atoms with Crippen molar-refractivity contribution in [2.45, 2.75) is 64.0 Å². The second kappa shape index (κ2) is 9.84. The fourth-order valence-corrected chi connectivity index (χ4v) is 4.32. The van der Waals surface area contributed by atoms with Gasteiger partial charge in [0, 0.05) is 5.41 Å². The average molecular weight is 426 g/mol. The molecule has 31 heavy (non-hydrogen) atoms. The quantitative estimate of drug-likeness (QED) is 0.558. The maximum atomic E-state index is 13.0. The topological polar surface area (TPSA) is 78.8 Å². The van der Waals surface area contributed by atoms with E-state index in [1.807, 2.05) is 54.6 Å². The fourth-order valence-electron chi connectivity index (χ4n) is 4.32. The van der Waals surface area contributed by atoms with Gasteiger partial charge in [-0.15, -0.1) is 0 Å². The first-order valence-electron chi connectivity index (χ1n) is 11.1. The highest BCUT2D eigenvalue weighted by Gasteiger charge is 2.33. The summed E-state index contributed by atoms with van der Waals surface area (Å²) in [5.41, 5.74) is 0.580. The Kier molecular flexibility index (Phi) is 7.39. The molecule has 3 N–H and O–H groups in total. The summed E-state index contributed by atoms with van der Waals surface area (Å²) in [4.78, 5) is 13.0. The lowest BCUT2D eigenvalue weighted by Crippen LogP contribution is -2.44. The van der Waals surface area contributed by atoms with Gasteiger partial charge in [-0.1, -0.05) is 62.2 Å². The van der Waals surface area contributed by atoms with Crippen LogP contribution in [0.1, 0.15) is 69.5 Å². The van der Waals surface area contributed by atoms with E-state index in [-0.39, 0.29) is 17.9 Å². The van der Waals surface area contributed by atoms with E-state index in [1.165, 1.54) is 25.7 Å². The molecule has 5 heteroatoms. The molecule has 0 spiro atoms. The highest BCUT2D eigenvalue weighted by atomic mass is 16.5. The second-order valence-corrected chi connectivity index (χ2v) is 9.62. The Morgan fingerprint density at radius 3 is 2.23 bits per heavy atom. The van der Waals surface area contributed by atoms with Crippen LogP contribution < -0.4 is 10.1 Å². The van der Waals surface area contributed by atoms with E-state index < -0.39 is 17.6 Å². The molecule has 0 heterocycles. The summed E-state index contributed by atoms with van der Waals surface area (Å²) in [5.74, 6) is -0.230. The minimum absolute atomic E-state index is 0.249. The molecule has 0 bridgehead atoms. The molecule has 2 aromatic rings. The van der Waals surface area contributed by atoms with Gasteiger partial charge in [0.05, 0.1) is 30.8 Å². The van der Waals surface area contributed by atoms with E-state index in [0.29, 0.717) is 6.61 Å². The number of aliphatic hydroxyl groups excluding tert-OH is 1. The van der Waals surface area contributed by atoms with Gasteiger partial charge >= 0.3 is 0 Å². The van der Waals surface area contributed by atoms with Gasteiger partial charge in [0.15, 0.2) is 0 Å². The van der Waals surface area contributed by atoms with Crippen molar-refractivity contribution in [3.63, 3.8) is 0 Å². The van der Waals surface area contributed by atoms with Crippen LogP contribution in [0.2, 0.25) is 0 Å². The first-order valence-corrected chi connectivity index (χ1v) is 11.1. The van der Waals surface area contributed by atoms with Crippen molar-refractivity contribution in [2.75, 3.05) is 13.2 Å². The van der Waals surface area contributed by atoms with E-state index in [1.54, 1.807) is 13.8 Å². The molecule has 0 saturated heterocycles. The summed E-state index contributed by atoms with van der Waals surface area (Å²) in [6.45, 7) is 6.01. The van der Waals surface area contributed by atoms with Crippen LogP contribution in [-0.2, 0) is 4.79 Å². The average Bonchev–Trinajstić information content (AvgIpc) is 3.18. The van der Waals surface area contributed by atoms with Crippen LogP contribution in [0.15, 0.2) is 54.6 Å². The lowest BCUT2D eigenvalue weighted by Gasteiger charge is -2.32. The van der Waals surface area contributed by atoms with Crippen molar-refractivity contribution in [3.05, 3.63) is 65.7 Å². The number of benzene rings is 2. The van der Waals surface area contributed by atoms with Crippen LogP contribution in [0.3, 0.4) is 0 Å². The Hall–Kier alpha value is -2.37. The maximum absolute atomic E-state index is 13.0. The van der Waals surface area contributed by atoms with Crippen molar-refractivity contribution >= 4 is 5.91 Å². The van der Waals surface area contributed by atoms with Gasteiger partial charge in [-0.25, -0.2) is 0 Å². The Balaban J connectivity index is 1.71. The summed E-state index contributed by atoms with van der Waals surface area (Å²) >= 11 is 0. The molecule has 1 amide bonds. The third-order valence-corrected chi connectivity index (χ3v) is 6.31. The Morgan fingerprint density at radius 2 is 1.68 bits per heavy atom. The largest absolute Gasteiger partial charge is 0.493 e. The smallest absolute Gasteiger partial charge is 0.230 e. The number of rotatable bonds is 9. The molecule has 168 valence electrons. The molecule has 3 rings (SSSR count). The number of hydrogen-bond donors (Lipinski definition) is 3. The van der Waals surface area contributed by atoms with E-state index in [2.05, 4.69) is 12.2 Å². The zero-order valence-corrected chi connectivity index (χ0v) is 18.8. The summed E-state index contributed by atoms with van der Waals surface area (Å²) in [5, 5.41) is 23.5. The van der Waals surface area contributed by atoms with Crippen LogP contribution in [0, 0.1) is 5.41 Å². The molecule has 5 nitrogen and oxygen atoms in total. The summed E-state index contributed by atoms with van der Waals surface area (Å²) in [7, 11) is 0. The summed E-state index contributed by atoms with van der Waals surface area (Å²) < 4.78 is 6.02. The zero-order valence-electron chi connectivity index (χ0n) is 18.8. The molecule has 0 aliphatic heterocycles. The van der Waals surface area contributed by atoms with Crippen molar-refractivity contribution < 1.29 is 19.7 Å². The van der Waals surface area contributed by atoms with Crippen molar-refractivity contribution in [1.82, 2.24) is 5.32 Å². The molecule has 0 radical (unpaired) electrons. The Bertz CT molecular complexity index is 836. The van der Waals surface area contributed by atoms with Crippen LogP contribution >= 0.6 is 0 Å². The zero-order chi connectivity index (χ0) is 22.5. The van der Waals surface area contributed by atoms with Gasteiger partial charge in [-0.3, -0.25) is 4.79 Å². The molecule has 1 aliphatic carbocycles. The number of carbonyl (C=O) groups excluding carboxylic acids is 1. The maximum Gasteiger partial charge on any atom is 0.230 e. The minimum Gasteiger partial charge on any atom is -0.493 e. The normalized spacial score (nSPS) is 17.7. The van der Waals surface area contributed by atoms with Crippen LogP contribution in [0.5, 0.6) is 5.75 Å². The monoisotopic (exact) mass is 425 g/mol. The number of amides is 1. The third-order valence-electron chi connectivity index (χ3n) is 6.31. The molecule has 1 aliphatic rings. The van der Waals surface area contributed by atoms with Gasteiger partial charge in [-0.2, -0.15) is 0 Å². The third kappa shape index (κ3) is 6.08. The number of carbonyl (C=O) groups is 1. The molecule has 2 aromatic carbocycles. The first kappa shape index (κ1) is 23.3. The van der Waals surface area contributed by atoms with E-state index in [9.17, 15) is 15.0 Å². The highest BCUT2D eigenvalue weighted by molar-refractivity contribution is 5.84. The van der Waals surface area contributed by atoms with Gasteiger partial charge in [0.25, 0.3) is 0 Å². The minimum atomic E-state index is -1.19. The number of ether oxygens (including phenoxy) is 1. The van der Waals surface area contributed by atoms with Crippen LogP contribution in [-0.4, -0.2) is 34.9 Å². The van der Waals surface area contributed by atoms with Gasteiger partial charge < -0.3 is 20.3 Å². The van der Waals surface area contributed by atoms with E-state index in [0.717, 1.165) is 16.9 Å². The second-order valence-electron chi connectivity index (χ2n) is 9.62. The molecule has 1 fully saturated rings. The van der Waals surface area contributed by atoms with Gasteiger partial charge in [0.1, 0.15) is 5.75 Å². The molecule has 0 unspecified atom stereocenters. The lowest BCUT2D eigenvalue weighted by atomic mass is 9.90. The summed E-state index contributed by atoms with van der Waals surface area (Å²) in [6.07, 6.45) is 4.93. The van der Waals surface area contributed by atoms with Crippen molar-refractivity contribution in [2.24, 2.45) is 5.41 Å². The standard InChI is InChI=1S/C26H35NO4/c1-25(2,30)23(27-24(29)22(17-28)19-9-5-4-6-10-19)20-11-13-21(14-12-20)31-18-26(3)15-7-8-16-26/h4-6,9-14,22-23,28,30H,7-8,15-18H2,1-3H3,(H,27,29)/t22-,23+/m0/s1. The van der Waals surface area contributed by atoms with Crippen LogP contribution in [0.4, 0.5) is 0 Å². The Labute approximate surface area is 185 Å². The predicted molar refractivity (Wildman–Crippen MR) is 122 cm³/mol. The predicted octanol–water partition coefficient (Wildman–Crippen LogP) is 4.35. The van der Waals surface area contributed by atoms with Crippen molar-refractivity contribution in [3.8, 4) is 5.75 Å². The first-order chi connectivity index (χ1) is 14.7. The number of aliphatic hydroxyl groups is 2. The van der Waals surface area contributed by atoms with Gasteiger partial charge in [0.2, 0.25) is 5.91 Å². The molecule has 0 aromatic heterocycles. The fraction of sp³-hybridized carbons (Fsp3) is 0.500. The molecule has 2 atom stereocenters. The summed E-state index contributed by atoms with van der Waals surface area (Å²) in [6, 6.07) is 16.1. The highest BCUT2D eigenvalue weighted by Crippen LogP contribution is 2.38. The van der Waals surface area contributed by atoms with Gasteiger partial charge in [-0.05, 0) is 49.9 Å². The molecular formula is C26H35NO4. The SMILES string of the molecule is CC1(COc2ccc([C@@H](NC(=O)[C@@H](CO)c3ccccc3)C(C)(C)O)cc2)CCCC1. The lowest BCUT2D eigenvalue weighted by molar-refractivity contribution is -0.126. The number of nitrogens with one attached hydrogen (secondary N) is 1. The molecule has 1 saturated carbocycles.